The van der Waals surface area contributed by atoms with Crippen LogP contribution in [-0.4, -0.2) is 186 Å². The van der Waals surface area contributed by atoms with Gasteiger partial charge in [0, 0.05) is 17.3 Å². The van der Waals surface area contributed by atoms with Crippen LogP contribution in [-0.2, 0) is 38.0 Å². The Morgan fingerprint density at radius 3 is 2.05 bits per heavy atom. The predicted octanol–water partition coefficient (Wildman–Crippen LogP) is -0.0466. The van der Waals surface area contributed by atoms with Crippen molar-refractivity contribution in [2.24, 2.45) is 39.4 Å². The van der Waals surface area contributed by atoms with Gasteiger partial charge < -0.3 is 84.2 Å². The van der Waals surface area contributed by atoms with Crippen LogP contribution in [0.5, 0.6) is 0 Å². The van der Waals surface area contributed by atoms with Gasteiger partial charge in [-0.15, -0.1) is 0 Å². The van der Waals surface area contributed by atoms with Gasteiger partial charge in [-0.3, -0.25) is 4.79 Å². The lowest BCUT2D eigenvalue weighted by Crippen LogP contribution is -2.65. The molecule has 4 aliphatic heterocycles. The van der Waals surface area contributed by atoms with Crippen molar-refractivity contribution in [1.29, 1.82) is 0 Å². The van der Waals surface area contributed by atoms with E-state index < -0.39 is 140 Å². The molecule has 0 amide bonds. The highest BCUT2D eigenvalue weighted by molar-refractivity contribution is 5.88. The molecule has 372 valence electrons. The molecule has 18 heteroatoms. The van der Waals surface area contributed by atoms with E-state index in [-0.39, 0.29) is 34.4 Å². The standard InChI is InChI=1S/C47H76O18/c1-41(2)22-9-11-27-43(5)15-13-26(45(7)16-14-30(64-45)42(3,4)65-39-34(55)32(53)31(52)24(18-48)60-39)44(43,6)17-28(51)46(27,8)23(22)10-12-29(41)62-38-35(56)33(54)36(25(19-49)61-38)63-40-37(57)47(58,20-50)21-59-40/h9,23-27,29-40,48-50,52-58H,10-21H2,1-8H3. The van der Waals surface area contributed by atoms with Crippen molar-refractivity contribution < 1.29 is 89.0 Å². The Morgan fingerprint density at radius 2 is 1.40 bits per heavy atom. The molecule has 22 unspecified atom stereocenters. The Labute approximate surface area is 381 Å². The van der Waals surface area contributed by atoms with E-state index in [2.05, 4.69) is 47.6 Å². The number of ketones is 1. The molecule has 22 atom stereocenters. The third kappa shape index (κ3) is 7.67. The van der Waals surface area contributed by atoms with Crippen molar-refractivity contribution in [3.63, 3.8) is 0 Å². The Bertz CT molecular complexity index is 1790. The van der Waals surface area contributed by atoms with E-state index in [0.717, 1.165) is 24.8 Å². The quantitative estimate of drug-likeness (QED) is 0.122. The molecule has 0 aromatic rings. The first kappa shape index (κ1) is 50.1. The molecule has 0 spiro atoms. The zero-order valence-electron chi connectivity index (χ0n) is 39.1. The van der Waals surface area contributed by atoms with Gasteiger partial charge in [0.15, 0.2) is 18.9 Å². The normalized spacial score (nSPS) is 53.4. The summed E-state index contributed by atoms with van der Waals surface area (Å²) in [7, 11) is 0. The molecule has 65 heavy (non-hydrogen) atoms. The van der Waals surface area contributed by atoms with E-state index >= 15 is 4.79 Å². The molecule has 0 radical (unpaired) electrons. The average Bonchev–Trinajstić information content (AvgIpc) is 3.89. The summed E-state index contributed by atoms with van der Waals surface area (Å²) in [5.74, 6) is 0.284. The largest absolute Gasteiger partial charge is 0.394 e. The molecule has 4 heterocycles. The molecule has 10 N–H and O–H groups in total. The third-order valence-corrected chi connectivity index (χ3v) is 18.7. The van der Waals surface area contributed by atoms with E-state index in [1.54, 1.807) is 0 Å². The minimum atomic E-state index is -1.98. The van der Waals surface area contributed by atoms with E-state index in [0.29, 0.717) is 32.1 Å². The van der Waals surface area contributed by atoms with Gasteiger partial charge in [0.05, 0.1) is 49.8 Å². The van der Waals surface area contributed by atoms with Crippen LogP contribution < -0.4 is 0 Å². The van der Waals surface area contributed by atoms with Gasteiger partial charge in [-0.1, -0.05) is 46.3 Å². The lowest BCUT2D eigenvalue weighted by atomic mass is 9.38. The van der Waals surface area contributed by atoms with Crippen LogP contribution in [0.4, 0.5) is 0 Å². The molecule has 0 bridgehead atoms. The van der Waals surface area contributed by atoms with Gasteiger partial charge >= 0.3 is 0 Å². The molecule has 8 rings (SSSR count). The fraction of sp³-hybridized carbons (Fsp3) is 0.936. The van der Waals surface area contributed by atoms with Crippen LogP contribution in [0.3, 0.4) is 0 Å². The Kier molecular flexibility index (Phi) is 13.3. The molecular weight excluding hydrogens is 852 g/mol. The summed E-state index contributed by atoms with van der Waals surface area (Å²) in [6.45, 7) is 14.4. The summed E-state index contributed by atoms with van der Waals surface area (Å²) < 4.78 is 42.7. The van der Waals surface area contributed by atoms with Crippen LogP contribution in [0.2, 0.25) is 0 Å². The number of aliphatic hydroxyl groups is 10. The van der Waals surface area contributed by atoms with Crippen LogP contribution in [0.25, 0.3) is 0 Å². The summed E-state index contributed by atoms with van der Waals surface area (Å²) in [4.78, 5) is 15.1. The summed E-state index contributed by atoms with van der Waals surface area (Å²) in [6, 6.07) is 0. The van der Waals surface area contributed by atoms with Crippen molar-refractivity contribution in [3.8, 4) is 0 Å². The molecule has 0 aromatic carbocycles. The fourth-order valence-electron chi connectivity index (χ4n) is 14.3. The van der Waals surface area contributed by atoms with Crippen LogP contribution >= 0.6 is 0 Å². The van der Waals surface area contributed by atoms with E-state index in [1.165, 1.54) is 0 Å². The van der Waals surface area contributed by atoms with E-state index in [9.17, 15) is 51.1 Å². The molecule has 4 saturated heterocycles. The number of carbonyl (C=O) groups is 1. The Balaban J connectivity index is 0.959. The Morgan fingerprint density at radius 1 is 0.738 bits per heavy atom. The highest BCUT2D eigenvalue weighted by atomic mass is 16.7. The van der Waals surface area contributed by atoms with Crippen molar-refractivity contribution in [3.05, 3.63) is 11.6 Å². The maximum Gasteiger partial charge on any atom is 0.187 e. The molecular formula is C47H76O18. The predicted molar refractivity (Wildman–Crippen MR) is 226 cm³/mol. The van der Waals surface area contributed by atoms with Crippen molar-refractivity contribution in [1.82, 2.24) is 0 Å². The number of ether oxygens (including phenoxy) is 7. The first-order valence-corrected chi connectivity index (χ1v) is 23.7. The topological polar surface area (TPSA) is 284 Å². The number of fused-ring (bicyclic) bond motifs is 5. The SMILES string of the molecule is CC(C)(OC1OC(CO)C(O)C(O)C1O)C1CCC(C)(C2CCC3(C)C4CC=C5C(CCC(OC6OC(CO)C(OC7OCC(O)(CO)C7O)C(O)C6O)C5(C)C)C4(C)C(=O)CC23C)O1. The van der Waals surface area contributed by atoms with Crippen LogP contribution in [0, 0.1) is 39.4 Å². The van der Waals surface area contributed by atoms with Gasteiger partial charge in [0.2, 0.25) is 0 Å². The van der Waals surface area contributed by atoms with Gasteiger partial charge in [-0.25, -0.2) is 0 Å². The smallest absolute Gasteiger partial charge is 0.187 e. The second-order valence-electron chi connectivity index (χ2n) is 22.8. The number of rotatable bonds is 11. The molecule has 0 aromatic heterocycles. The number of carbonyl (C=O) groups excluding carboxylic acids is 1. The molecule has 3 saturated carbocycles. The minimum Gasteiger partial charge on any atom is -0.394 e. The van der Waals surface area contributed by atoms with Gasteiger partial charge in [0.25, 0.3) is 0 Å². The molecule has 7 fully saturated rings. The lowest BCUT2D eigenvalue weighted by molar-refractivity contribution is -0.341. The molecule has 18 nitrogen and oxygen atoms in total. The number of hydrogen-bond acceptors (Lipinski definition) is 18. The highest BCUT2D eigenvalue weighted by Gasteiger charge is 2.73. The van der Waals surface area contributed by atoms with Crippen molar-refractivity contribution in [2.75, 3.05) is 26.4 Å². The second-order valence-corrected chi connectivity index (χ2v) is 22.8. The van der Waals surface area contributed by atoms with Crippen LogP contribution in [0.15, 0.2) is 11.6 Å². The van der Waals surface area contributed by atoms with E-state index in [1.807, 2.05) is 13.8 Å². The zero-order chi connectivity index (χ0) is 47.6. The number of aliphatic hydroxyl groups excluding tert-OH is 9. The Hall–Kier alpha value is -1.27. The lowest BCUT2D eigenvalue weighted by Gasteiger charge is -2.65. The molecule has 4 aliphatic carbocycles. The van der Waals surface area contributed by atoms with Crippen LogP contribution in [0.1, 0.15) is 107 Å². The van der Waals surface area contributed by atoms with Gasteiger partial charge in [0.1, 0.15) is 66.3 Å². The maximum absolute atomic E-state index is 15.1. The van der Waals surface area contributed by atoms with Crippen molar-refractivity contribution in [2.45, 2.75) is 210 Å². The second kappa shape index (κ2) is 17.2. The number of Topliss-reactive ketones (excluding diaryl/α,β-unsaturated/α-hetero) is 1. The molecule has 8 aliphatic rings. The van der Waals surface area contributed by atoms with Gasteiger partial charge in [-0.2, -0.15) is 0 Å². The monoisotopic (exact) mass is 929 g/mol. The summed E-state index contributed by atoms with van der Waals surface area (Å²) in [6.07, 6.45) is -10.5. The fourth-order valence-corrected chi connectivity index (χ4v) is 14.3. The van der Waals surface area contributed by atoms with Crippen molar-refractivity contribution >= 4 is 5.78 Å². The first-order valence-electron chi connectivity index (χ1n) is 23.7. The number of hydrogen-bond donors (Lipinski definition) is 10. The minimum absolute atomic E-state index is 0.0525. The highest BCUT2D eigenvalue weighted by Crippen LogP contribution is 2.75. The first-order chi connectivity index (χ1) is 30.3. The average molecular weight is 929 g/mol. The third-order valence-electron chi connectivity index (χ3n) is 18.7. The van der Waals surface area contributed by atoms with E-state index in [4.69, 9.17) is 33.2 Å². The maximum atomic E-state index is 15.1. The van der Waals surface area contributed by atoms with Gasteiger partial charge in [-0.05, 0) is 94.3 Å². The summed E-state index contributed by atoms with van der Waals surface area (Å²) in [5, 5.41) is 105. The summed E-state index contributed by atoms with van der Waals surface area (Å²) >= 11 is 0. The number of allylic oxidation sites excluding steroid dienone is 1. The zero-order valence-corrected chi connectivity index (χ0v) is 39.1. The summed E-state index contributed by atoms with van der Waals surface area (Å²) in [5.41, 5.74) is -4.31.